The molecule has 46 heavy (non-hydrogen) atoms. The fourth-order valence-corrected chi connectivity index (χ4v) is 6.42. The summed E-state index contributed by atoms with van der Waals surface area (Å²) in [5.74, 6) is -0.350. The maximum Gasteiger partial charge on any atom is 0.314 e. The van der Waals surface area contributed by atoms with Crippen LogP contribution in [-0.4, -0.2) is 99.3 Å². The molecule has 1 amide bonds. The molecular formula is C33H38ClN7O5. The van der Waals surface area contributed by atoms with E-state index < -0.39 is 11.4 Å². The minimum Gasteiger partial charge on any atom is -0.483 e. The molecule has 0 aliphatic carbocycles. The number of carbonyl (C=O) groups excluding carboxylic acids is 1. The van der Waals surface area contributed by atoms with Crippen LogP contribution in [0.5, 0.6) is 0 Å². The molecule has 3 N–H and O–H groups in total. The summed E-state index contributed by atoms with van der Waals surface area (Å²) in [6.45, 7) is 2.88. The molecule has 6 rings (SSSR count). The van der Waals surface area contributed by atoms with Gasteiger partial charge in [0.15, 0.2) is 5.65 Å². The molecule has 0 unspecified atom stereocenters. The molecule has 4 aromatic rings. The van der Waals surface area contributed by atoms with Gasteiger partial charge in [0.05, 0.1) is 11.1 Å². The van der Waals surface area contributed by atoms with Crippen LogP contribution in [0.3, 0.4) is 0 Å². The largest absolute Gasteiger partial charge is 0.483 e. The van der Waals surface area contributed by atoms with E-state index in [-0.39, 0.29) is 18.4 Å². The van der Waals surface area contributed by atoms with Crippen molar-refractivity contribution in [3.8, 4) is 0 Å². The molecule has 2 aromatic heterocycles. The number of amides is 1. The quantitative estimate of drug-likeness (QED) is 0.243. The molecule has 242 valence electrons. The number of nitrogens with one attached hydrogen (secondary N) is 1. The van der Waals surface area contributed by atoms with E-state index in [2.05, 4.69) is 27.3 Å². The number of fused-ring (bicyclic) bond motifs is 1. The SMILES string of the molecule is CN1CCC(N(C)C(=O)c2ccc(Nc3nc4c(N5CCC(C(=O)O)(c6ccc(Cl)cc6)CC5)cccn4n3)cc2)CC1.O=CO. The van der Waals surface area contributed by atoms with E-state index in [1.807, 2.05) is 66.7 Å². The summed E-state index contributed by atoms with van der Waals surface area (Å²) < 4.78 is 1.73. The number of anilines is 3. The first-order valence-electron chi connectivity index (χ1n) is 15.2. The van der Waals surface area contributed by atoms with Gasteiger partial charge in [-0.25, -0.2) is 4.52 Å². The molecule has 13 heteroatoms. The predicted molar refractivity (Wildman–Crippen MR) is 176 cm³/mol. The van der Waals surface area contributed by atoms with Gasteiger partial charge < -0.3 is 30.2 Å². The van der Waals surface area contributed by atoms with Gasteiger partial charge in [0.1, 0.15) is 0 Å². The molecule has 2 aliphatic heterocycles. The van der Waals surface area contributed by atoms with Gasteiger partial charge in [0.25, 0.3) is 12.4 Å². The molecule has 2 saturated heterocycles. The second kappa shape index (κ2) is 14.2. The van der Waals surface area contributed by atoms with Crippen LogP contribution in [0.15, 0.2) is 66.9 Å². The van der Waals surface area contributed by atoms with Gasteiger partial charge in [0.2, 0.25) is 5.95 Å². The average Bonchev–Trinajstić information content (AvgIpc) is 3.48. The van der Waals surface area contributed by atoms with Gasteiger partial charge in [-0.05, 0) is 99.9 Å². The summed E-state index contributed by atoms with van der Waals surface area (Å²) in [4.78, 5) is 45.0. The standard InChI is InChI=1S/C32H36ClN7O3.CH2O2/c1-37-18-13-26(14-19-37)38(2)29(41)22-5-11-25(12-6-22)34-31-35-28-27(4-3-17-40(28)36-31)39-20-15-32(16-21-39,30(42)43)23-7-9-24(33)10-8-23;2-1-3/h3-12,17,26H,13-16,18-21H2,1-2H3,(H,34,36)(H,42,43);1H,(H,2,3). The molecule has 0 radical (unpaired) electrons. The number of hydrogen-bond donors (Lipinski definition) is 3. The lowest BCUT2D eigenvalue weighted by Crippen LogP contribution is -2.47. The summed E-state index contributed by atoms with van der Waals surface area (Å²) in [6, 6.07) is 18.7. The van der Waals surface area contributed by atoms with Gasteiger partial charge in [-0.2, -0.15) is 4.98 Å². The number of aliphatic carboxylic acids is 1. The van der Waals surface area contributed by atoms with E-state index in [0.717, 1.165) is 42.9 Å². The number of likely N-dealkylation sites (tertiary alicyclic amines) is 1. The number of aromatic nitrogens is 3. The third-order valence-electron chi connectivity index (χ3n) is 9.05. The minimum atomic E-state index is -0.956. The van der Waals surface area contributed by atoms with Crippen LogP contribution in [0.2, 0.25) is 5.02 Å². The van der Waals surface area contributed by atoms with E-state index in [1.54, 1.807) is 16.6 Å². The smallest absolute Gasteiger partial charge is 0.314 e. The van der Waals surface area contributed by atoms with E-state index in [0.29, 0.717) is 48.1 Å². The third kappa shape index (κ3) is 6.92. The maximum atomic E-state index is 13.1. The number of nitrogens with zero attached hydrogens (tertiary/aromatic N) is 6. The highest BCUT2D eigenvalue weighted by Gasteiger charge is 2.43. The van der Waals surface area contributed by atoms with Crippen molar-refractivity contribution >= 4 is 52.9 Å². The Bertz CT molecular complexity index is 1660. The predicted octanol–water partition coefficient (Wildman–Crippen LogP) is 4.62. The van der Waals surface area contributed by atoms with Crippen LogP contribution in [0.25, 0.3) is 5.65 Å². The van der Waals surface area contributed by atoms with Crippen LogP contribution < -0.4 is 10.2 Å². The lowest BCUT2D eigenvalue weighted by molar-refractivity contribution is -0.144. The number of pyridine rings is 1. The van der Waals surface area contributed by atoms with Gasteiger partial charge in [-0.15, -0.1) is 5.10 Å². The molecule has 2 aromatic carbocycles. The summed E-state index contributed by atoms with van der Waals surface area (Å²) in [5, 5.41) is 25.6. The molecule has 0 atom stereocenters. The zero-order chi connectivity index (χ0) is 32.8. The molecular weight excluding hydrogens is 610 g/mol. The molecule has 2 fully saturated rings. The Morgan fingerprint density at radius 3 is 2.26 bits per heavy atom. The first-order chi connectivity index (χ1) is 22.1. The summed E-state index contributed by atoms with van der Waals surface area (Å²) >= 11 is 6.06. The Morgan fingerprint density at radius 2 is 1.65 bits per heavy atom. The molecule has 0 spiro atoms. The zero-order valence-electron chi connectivity index (χ0n) is 25.8. The van der Waals surface area contributed by atoms with Crippen LogP contribution in [0.4, 0.5) is 17.3 Å². The Labute approximate surface area is 272 Å². The highest BCUT2D eigenvalue weighted by molar-refractivity contribution is 6.30. The topological polar surface area (TPSA) is 144 Å². The fourth-order valence-electron chi connectivity index (χ4n) is 6.29. The Balaban J connectivity index is 0.00000134. The number of carbonyl (C=O) groups is 3. The highest BCUT2D eigenvalue weighted by Crippen LogP contribution is 2.38. The number of piperidine rings is 2. The van der Waals surface area contributed by atoms with Crippen molar-refractivity contribution in [3.63, 3.8) is 0 Å². The lowest BCUT2D eigenvalue weighted by atomic mass is 9.73. The summed E-state index contributed by atoms with van der Waals surface area (Å²) in [6.07, 6.45) is 4.74. The van der Waals surface area contributed by atoms with Crippen LogP contribution in [0, 0.1) is 0 Å². The molecule has 4 heterocycles. The van der Waals surface area contributed by atoms with E-state index in [4.69, 9.17) is 26.5 Å². The van der Waals surface area contributed by atoms with Crippen molar-refractivity contribution in [1.29, 1.82) is 0 Å². The maximum absolute atomic E-state index is 13.1. The minimum absolute atomic E-state index is 0.0288. The Morgan fingerprint density at radius 1 is 1.02 bits per heavy atom. The van der Waals surface area contributed by atoms with Crippen molar-refractivity contribution in [2.45, 2.75) is 37.1 Å². The second-order valence-corrected chi connectivity index (χ2v) is 12.2. The molecule has 0 bridgehead atoms. The summed E-state index contributed by atoms with van der Waals surface area (Å²) in [7, 11) is 4.01. The van der Waals surface area contributed by atoms with Gasteiger partial charge in [-0.1, -0.05) is 23.7 Å². The second-order valence-electron chi connectivity index (χ2n) is 11.7. The number of benzene rings is 2. The van der Waals surface area contributed by atoms with Crippen molar-refractivity contribution in [2.75, 3.05) is 50.5 Å². The number of carboxylic acid groups (broad SMARTS) is 2. The molecule has 2 aliphatic rings. The highest BCUT2D eigenvalue weighted by atomic mass is 35.5. The monoisotopic (exact) mass is 647 g/mol. The molecule has 12 nitrogen and oxygen atoms in total. The van der Waals surface area contributed by atoms with Crippen molar-refractivity contribution in [3.05, 3.63) is 83.0 Å². The average molecular weight is 648 g/mol. The summed E-state index contributed by atoms with van der Waals surface area (Å²) in [5.41, 5.74) is 2.84. The number of hydrogen-bond acceptors (Lipinski definition) is 8. The number of rotatable bonds is 7. The van der Waals surface area contributed by atoms with Crippen molar-refractivity contribution in [1.82, 2.24) is 24.4 Å². The third-order valence-corrected chi connectivity index (χ3v) is 9.30. The number of halogens is 1. The normalized spacial score (nSPS) is 16.7. The van der Waals surface area contributed by atoms with Crippen LogP contribution in [-0.2, 0) is 15.0 Å². The van der Waals surface area contributed by atoms with E-state index >= 15 is 0 Å². The first-order valence-corrected chi connectivity index (χ1v) is 15.5. The Kier molecular flexibility index (Phi) is 10.1. The lowest BCUT2D eigenvalue weighted by Gasteiger charge is -2.40. The van der Waals surface area contributed by atoms with Crippen molar-refractivity contribution < 1.29 is 24.6 Å². The van der Waals surface area contributed by atoms with Crippen molar-refractivity contribution in [2.24, 2.45) is 0 Å². The van der Waals surface area contributed by atoms with Crippen LogP contribution in [0.1, 0.15) is 41.6 Å². The van der Waals surface area contributed by atoms with Crippen LogP contribution >= 0.6 is 11.6 Å². The fraction of sp³-hybridized carbons (Fsp3) is 0.364. The van der Waals surface area contributed by atoms with E-state index in [9.17, 15) is 14.7 Å². The first kappa shape index (κ1) is 32.7. The van der Waals surface area contributed by atoms with Gasteiger partial charge in [0, 0.05) is 48.6 Å². The van der Waals surface area contributed by atoms with E-state index in [1.165, 1.54) is 0 Å². The van der Waals surface area contributed by atoms with Gasteiger partial charge in [-0.3, -0.25) is 14.4 Å². The number of carboxylic acids is 1. The van der Waals surface area contributed by atoms with Gasteiger partial charge >= 0.3 is 5.97 Å². The Hall–Kier alpha value is -4.68. The molecule has 0 saturated carbocycles. The zero-order valence-corrected chi connectivity index (χ0v) is 26.6.